The molecule has 0 fully saturated rings. The number of benzene rings is 1. The fourth-order valence-corrected chi connectivity index (χ4v) is 4.74. The number of esters is 1. The summed E-state index contributed by atoms with van der Waals surface area (Å²) in [5.41, 5.74) is 2.63. The highest BCUT2D eigenvalue weighted by Crippen LogP contribution is 2.35. The molecule has 1 aliphatic rings. The van der Waals surface area contributed by atoms with Crippen molar-refractivity contribution in [3.05, 3.63) is 45.9 Å². The molecular weight excluding hydrogens is 356 g/mol. The summed E-state index contributed by atoms with van der Waals surface area (Å²) in [5.74, 6) is -0.335. The van der Waals surface area contributed by atoms with Crippen LogP contribution in [0.15, 0.2) is 39.1 Å². The minimum atomic E-state index is -0.446. The lowest BCUT2D eigenvalue weighted by Gasteiger charge is -2.16. The lowest BCUT2D eigenvalue weighted by atomic mass is 10.2. The van der Waals surface area contributed by atoms with E-state index in [9.17, 15) is 9.59 Å². The van der Waals surface area contributed by atoms with E-state index in [1.165, 1.54) is 18.9 Å². The summed E-state index contributed by atoms with van der Waals surface area (Å²) in [5, 5.41) is 0.415. The summed E-state index contributed by atoms with van der Waals surface area (Å²) in [4.78, 5) is 30.4. The first-order valence-electron chi connectivity index (χ1n) is 8.04. The molecule has 0 spiro atoms. The minimum Gasteiger partial charge on any atom is -0.468 e. The van der Waals surface area contributed by atoms with Gasteiger partial charge in [0, 0.05) is 11.7 Å². The van der Waals surface area contributed by atoms with Gasteiger partial charge in [-0.3, -0.25) is 14.2 Å². The number of hydrogen-bond donors (Lipinski definition) is 0. The van der Waals surface area contributed by atoms with Crippen LogP contribution < -0.4 is 5.56 Å². The molecule has 132 valence electrons. The van der Waals surface area contributed by atoms with Gasteiger partial charge in [0.1, 0.15) is 5.25 Å². The van der Waals surface area contributed by atoms with E-state index in [1.807, 2.05) is 31.2 Å². The maximum absolute atomic E-state index is 13.1. The van der Waals surface area contributed by atoms with Crippen molar-refractivity contribution in [2.24, 2.45) is 0 Å². The number of thioether (sulfide) groups is 2. The molecular formula is C18H20N2O3S2. The van der Waals surface area contributed by atoms with E-state index in [2.05, 4.69) is 6.92 Å². The van der Waals surface area contributed by atoms with Crippen molar-refractivity contribution in [1.82, 2.24) is 9.55 Å². The molecule has 2 atom stereocenters. The molecule has 1 aromatic heterocycles. The number of carbonyl (C=O) groups is 1. The van der Waals surface area contributed by atoms with E-state index in [-0.39, 0.29) is 11.5 Å². The fourth-order valence-electron chi connectivity index (χ4n) is 2.67. The number of hydrogen-bond acceptors (Lipinski definition) is 6. The SMILES string of the molecule is COC(=O)[C@@H](C)Sc1nc2c(c(=O)n1-c1ccc(C)cc1)S[C@@H](C)C2. The molecule has 0 amide bonds. The van der Waals surface area contributed by atoms with Crippen LogP contribution in [0.3, 0.4) is 0 Å². The third-order valence-electron chi connectivity index (χ3n) is 3.99. The highest BCUT2D eigenvalue weighted by molar-refractivity contribution is 8.00. The summed E-state index contributed by atoms with van der Waals surface area (Å²) in [6, 6.07) is 7.73. The van der Waals surface area contributed by atoms with Crippen LogP contribution in [0, 0.1) is 6.92 Å². The number of ether oxygens (including phenoxy) is 1. The Morgan fingerprint density at radius 1 is 1.40 bits per heavy atom. The number of aryl methyl sites for hydroxylation is 1. The van der Waals surface area contributed by atoms with Gasteiger partial charge in [0.25, 0.3) is 5.56 Å². The quantitative estimate of drug-likeness (QED) is 0.464. The molecule has 0 saturated heterocycles. The van der Waals surface area contributed by atoms with Gasteiger partial charge in [0.15, 0.2) is 5.16 Å². The summed E-state index contributed by atoms with van der Waals surface area (Å²) >= 11 is 2.82. The number of carbonyl (C=O) groups excluding carboxylic acids is 1. The van der Waals surface area contributed by atoms with Crippen molar-refractivity contribution in [1.29, 1.82) is 0 Å². The summed E-state index contributed by atoms with van der Waals surface area (Å²) in [6.07, 6.45) is 0.768. The Labute approximate surface area is 155 Å². The third kappa shape index (κ3) is 3.62. The highest BCUT2D eigenvalue weighted by atomic mass is 32.2. The zero-order valence-electron chi connectivity index (χ0n) is 14.6. The summed E-state index contributed by atoms with van der Waals surface area (Å²) in [6.45, 7) is 5.85. The zero-order valence-corrected chi connectivity index (χ0v) is 16.2. The Bertz CT molecular complexity index is 862. The monoisotopic (exact) mass is 376 g/mol. The minimum absolute atomic E-state index is 0.0669. The zero-order chi connectivity index (χ0) is 18.1. The van der Waals surface area contributed by atoms with Gasteiger partial charge in [-0.25, -0.2) is 4.98 Å². The van der Waals surface area contributed by atoms with Crippen LogP contribution in [-0.2, 0) is 16.0 Å². The predicted octanol–water partition coefficient (Wildman–Crippen LogP) is 3.23. The molecule has 2 aromatic rings. The lowest BCUT2D eigenvalue weighted by molar-refractivity contribution is -0.139. The summed E-state index contributed by atoms with van der Waals surface area (Å²) in [7, 11) is 1.36. The number of fused-ring (bicyclic) bond motifs is 1. The van der Waals surface area contributed by atoms with E-state index in [1.54, 1.807) is 23.3 Å². The second-order valence-corrected chi connectivity index (χ2v) is 8.82. The molecule has 0 N–H and O–H groups in total. The average molecular weight is 377 g/mol. The molecule has 1 aliphatic heterocycles. The smallest absolute Gasteiger partial charge is 0.318 e. The largest absolute Gasteiger partial charge is 0.468 e. The molecule has 0 radical (unpaired) electrons. The number of methoxy groups -OCH3 is 1. The van der Waals surface area contributed by atoms with Gasteiger partial charge < -0.3 is 4.74 Å². The number of nitrogens with zero attached hydrogens (tertiary/aromatic N) is 2. The first-order valence-corrected chi connectivity index (χ1v) is 9.80. The van der Waals surface area contributed by atoms with Gasteiger partial charge in [0.05, 0.1) is 23.4 Å². The molecule has 0 bridgehead atoms. The Kier molecular flexibility index (Phi) is 5.24. The van der Waals surface area contributed by atoms with Crippen molar-refractivity contribution in [2.75, 3.05) is 7.11 Å². The fraction of sp³-hybridized carbons (Fsp3) is 0.389. The van der Waals surface area contributed by atoms with Crippen molar-refractivity contribution in [3.63, 3.8) is 0 Å². The Hall–Kier alpha value is -1.73. The lowest BCUT2D eigenvalue weighted by Crippen LogP contribution is -2.25. The van der Waals surface area contributed by atoms with E-state index in [4.69, 9.17) is 9.72 Å². The molecule has 5 nitrogen and oxygen atoms in total. The molecule has 1 aromatic carbocycles. The van der Waals surface area contributed by atoms with Crippen LogP contribution in [0.4, 0.5) is 0 Å². The Morgan fingerprint density at radius 2 is 2.08 bits per heavy atom. The Balaban J connectivity index is 2.13. The van der Waals surface area contributed by atoms with Gasteiger partial charge in [0.2, 0.25) is 0 Å². The van der Waals surface area contributed by atoms with Gasteiger partial charge in [-0.05, 0) is 26.0 Å². The molecule has 3 rings (SSSR count). The second-order valence-electron chi connectivity index (χ2n) is 6.06. The number of rotatable bonds is 4. The maximum Gasteiger partial charge on any atom is 0.318 e. The van der Waals surface area contributed by atoms with Gasteiger partial charge in [-0.2, -0.15) is 0 Å². The highest BCUT2D eigenvalue weighted by Gasteiger charge is 2.28. The predicted molar refractivity (Wildman–Crippen MR) is 101 cm³/mol. The van der Waals surface area contributed by atoms with Crippen LogP contribution in [0.2, 0.25) is 0 Å². The van der Waals surface area contributed by atoms with E-state index in [0.29, 0.717) is 15.3 Å². The van der Waals surface area contributed by atoms with Crippen molar-refractivity contribution >= 4 is 29.5 Å². The van der Waals surface area contributed by atoms with Crippen LogP contribution >= 0.6 is 23.5 Å². The molecule has 0 aliphatic carbocycles. The molecule has 0 saturated carbocycles. The van der Waals surface area contributed by atoms with E-state index < -0.39 is 5.25 Å². The van der Waals surface area contributed by atoms with E-state index >= 15 is 0 Å². The maximum atomic E-state index is 13.1. The first kappa shape index (κ1) is 18.1. The number of aromatic nitrogens is 2. The van der Waals surface area contributed by atoms with Crippen molar-refractivity contribution in [3.8, 4) is 5.69 Å². The second kappa shape index (κ2) is 7.25. The van der Waals surface area contributed by atoms with Crippen LogP contribution in [0.5, 0.6) is 0 Å². The molecule has 25 heavy (non-hydrogen) atoms. The van der Waals surface area contributed by atoms with Crippen LogP contribution in [-0.4, -0.2) is 33.1 Å². The third-order valence-corrected chi connectivity index (χ3v) is 6.23. The van der Waals surface area contributed by atoms with E-state index in [0.717, 1.165) is 23.4 Å². The standard InChI is InChI=1S/C18H20N2O3S2/c1-10-5-7-13(8-6-10)20-16(21)15-14(9-11(2)24-15)19-18(20)25-12(3)17(22)23-4/h5-8,11-12H,9H2,1-4H3/t11-,12+/m0/s1. The first-order chi connectivity index (χ1) is 11.9. The average Bonchev–Trinajstić information content (AvgIpc) is 2.96. The normalized spacial score (nSPS) is 17.2. The molecule has 2 heterocycles. The van der Waals surface area contributed by atoms with Gasteiger partial charge in [-0.1, -0.05) is 36.4 Å². The topological polar surface area (TPSA) is 61.2 Å². The van der Waals surface area contributed by atoms with Gasteiger partial charge in [-0.15, -0.1) is 11.8 Å². The van der Waals surface area contributed by atoms with Crippen molar-refractivity contribution < 1.29 is 9.53 Å². The van der Waals surface area contributed by atoms with Crippen LogP contribution in [0.25, 0.3) is 5.69 Å². The summed E-state index contributed by atoms with van der Waals surface area (Å²) < 4.78 is 6.41. The molecule has 0 unspecified atom stereocenters. The van der Waals surface area contributed by atoms with Crippen LogP contribution in [0.1, 0.15) is 25.1 Å². The van der Waals surface area contributed by atoms with Gasteiger partial charge >= 0.3 is 5.97 Å². The van der Waals surface area contributed by atoms with Crippen molar-refractivity contribution in [2.45, 2.75) is 47.7 Å². The molecule has 7 heteroatoms. The Morgan fingerprint density at radius 3 is 2.72 bits per heavy atom.